The SMILES string of the molecule is C=C(Br)[C@H](C)C/N=C(\C)C(O)C(F)(F)F. The van der Waals surface area contributed by atoms with E-state index in [1.165, 1.54) is 0 Å². The van der Waals surface area contributed by atoms with Gasteiger partial charge in [-0.2, -0.15) is 13.2 Å². The van der Waals surface area contributed by atoms with Crippen molar-refractivity contribution >= 4 is 21.6 Å². The maximum absolute atomic E-state index is 12.0. The standard InChI is InChI=1S/C9H13BrF3NO/c1-5(6(2)10)4-14-7(3)8(15)9(11,12)13/h5,8,15H,2,4H2,1,3H3/b14-7+/t5-,8?/m1/s1. The van der Waals surface area contributed by atoms with E-state index in [1.54, 1.807) is 6.92 Å². The average Bonchev–Trinajstić information content (AvgIpc) is 2.10. The zero-order valence-corrected chi connectivity index (χ0v) is 10.1. The first-order valence-electron chi connectivity index (χ1n) is 4.26. The van der Waals surface area contributed by atoms with Gasteiger partial charge in [0.1, 0.15) is 0 Å². The Balaban J connectivity index is 4.39. The molecule has 0 rings (SSSR count). The molecular formula is C9H13BrF3NO. The summed E-state index contributed by atoms with van der Waals surface area (Å²) in [4.78, 5) is 3.67. The Morgan fingerprint density at radius 2 is 2.00 bits per heavy atom. The van der Waals surface area contributed by atoms with E-state index in [4.69, 9.17) is 5.11 Å². The molecule has 0 aromatic carbocycles. The molecule has 0 spiro atoms. The van der Waals surface area contributed by atoms with E-state index in [9.17, 15) is 13.2 Å². The van der Waals surface area contributed by atoms with E-state index >= 15 is 0 Å². The maximum Gasteiger partial charge on any atom is 0.419 e. The van der Waals surface area contributed by atoms with Gasteiger partial charge in [-0.25, -0.2) is 0 Å². The largest absolute Gasteiger partial charge is 0.419 e. The van der Waals surface area contributed by atoms with Crippen molar-refractivity contribution in [3.8, 4) is 0 Å². The lowest BCUT2D eigenvalue weighted by atomic mass is 10.2. The molecule has 0 amide bonds. The first-order valence-corrected chi connectivity index (χ1v) is 5.05. The Hall–Kier alpha value is -0.360. The molecule has 0 saturated carbocycles. The summed E-state index contributed by atoms with van der Waals surface area (Å²) in [6.07, 6.45) is -7.13. The van der Waals surface area contributed by atoms with E-state index in [2.05, 4.69) is 27.5 Å². The van der Waals surface area contributed by atoms with E-state index in [0.29, 0.717) is 4.48 Å². The highest BCUT2D eigenvalue weighted by Crippen LogP contribution is 2.21. The van der Waals surface area contributed by atoms with Crippen LogP contribution in [0.15, 0.2) is 16.1 Å². The zero-order valence-electron chi connectivity index (χ0n) is 8.48. The first-order chi connectivity index (χ1) is 6.66. The van der Waals surface area contributed by atoms with Crippen molar-refractivity contribution in [2.45, 2.75) is 26.1 Å². The first kappa shape index (κ1) is 14.6. The second-order valence-corrected chi connectivity index (χ2v) is 4.29. The number of hydrogen-bond donors (Lipinski definition) is 1. The molecule has 15 heavy (non-hydrogen) atoms. The highest BCUT2D eigenvalue weighted by atomic mass is 79.9. The summed E-state index contributed by atoms with van der Waals surface area (Å²) < 4.78 is 36.7. The molecule has 1 unspecified atom stereocenters. The molecule has 0 saturated heterocycles. The van der Waals surface area contributed by atoms with Gasteiger partial charge in [0.15, 0.2) is 6.10 Å². The molecule has 0 aliphatic carbocycles. The Labute approximate surface area is 95.0 Å². The number of alkyl halides is 3. The van der Waals surface area contributed by atoms with Crippen LogP contribution >= 0.6 is 15.9 Å². The topological polar surface area (TPSA) is 32.6 Å². The van der Waals surface area contributed by atoms with Gasteiger partial charge in [0, 0.05) is 18.2 Å². The molecule has 0 heterocycles. The van der Waals surface area contributed by atoms with Gasteiger partial charge < -0.3 is 5.11 Å². The number of rotatable bonds is 4. The minimum absolute atomic E-state index is 0.0691. The van der Waals surface area contributed by atoms with Crippen molar-refractivity contribution in [1.82, 2.24) is 0 Å². The van der Waals surface area contributed by atoms with Crippen LogP contribution in [0.25, 0.3) is 0 Å². The lowest BCUT2D eigenvalue weighted by Gasteiger charge is -2.15. The number of aliphatic imine (C=N–C) groups is 1. The molecule has 0 aromatic heterocycles. The van der Waals surface area contributed by atoms with Crippen molar-refractivity contribution in [2.75, 3.05) is 6.54 Å². The maximum atomic E-state index is 12.0. The molecule has 0 bridgehead atoms. The van der Waals surface area contributed by atoms with E-state index < -0.39 is 12.3 Å². The van der Waals surface area contributed by atoms with Gasteiger partial charge in [-0.3, -0.25) is 4.99 Å². The van der Waals surface area contributed by atoms with Crippen LogP contribution in [-0.2, 0) is 0 Å². The van der Waals surface area contributed by atoms with Gasteiger partial charge in [0.25, 0.3) is 0 Å². The Morgan fingerprint density at radius 1 is 1.53 bits per heavy atom. The third-order valence-electron chi connectivity index (χ3n) is 1.86. The minimum atomic E-state index is -4.65. The van der Waals surface area contributed by atoms with Crippen LogP contribution in [0.3, 0.4) is 0 Å². The predicted octanol–water partition coefficient (Wildman–Crippen LogP) is 2.92. The lowest BCUT2D eigenvalue weighted by Crippen LogP contribution is -2.35. The number of aliphatic hydroxyl groups excluding tert-OH is 1. The summed E-state index contributed by atoms with van der Waals surface area (Å²) in [7, 11) is 0. The third kappa shape index (κ3) is 5.32. The normalized spacial score (nSPS) is 17.4. The second kappa shape index (κ2) is 5.65. The molecular weight excluding hydrogens is 275 g/mol. The molecule has 0 aliphatic rings. The minimum Gasteiger partial charge on any atom is -0.378 e. The van der Waals surface area contributed by atoms with Gasteiger partial charge in [-0.1, -0.05) is 29.4 Å². The Bertz CT molecular complexity index is 263. The van der Waals surface area contributed by atoms with Crippen molar-refractivity contribution in [3.05, 3.63) is 11.1 Å². The smallest absolute Gasteiger partial charge is 0.378 e. The van der Waals surface area contributed by atoms with Crippen LogP contribution in [0, 0.1) is 5.92 Å². The van der Waals surface area contributed by atoms with Gasteiger partial charge in [-0.05, 0) is 11.4 Å². The number of nitrogens with zero attached hydrogens (tertiary/aromatic N) is 1. The Kier molecular flexibility index (Phi) is 5.51. The molecule has 2 atom stereocenters. The van der Waals surface area contributed by atoms with Crippen molar-refractivity contribution in [1.29, 1.82) is 0 Å². The fourth-order valence-corrected chi connectivity index (χ4v) is 0.848. The summed E-state index contributed by atoms with van der Waals surface area (Å²) in [5.74, 6) is -0.0691. The molecule has 1 N–H and O–H groups in total. The van der Waals surface area contributed by atoms with E-state index in [0.717, 1.165) is 6.92 Å². The van der Waals surface area contributed by atoms with Gasteiger partial charge in [0.2, 0.25) is 0 Å². The summed E-state index contributed by atoms with van der Waals surface area (Å²) in [5.41, 5.74) is -0.330. The predicted molar refractivity (Wildman–Crippen MR) is 57.3 cm³/mol. The van der Waals surface area contributed by atoms with Crippen LogP contribution in [0.2, 0.25) is 0 Å². The highest BCUT2D eigenvalue weighted by Gasteiger charge is 2.40. The third-order valence-corrected chi connectivity index (χ3v) is 2.64. The van der Waals surface area contributed by atoms with Crippen LogP contribution in [0.1, 0.15) is 13.8 Å². The van der Waals surface area contributed by atoms with Crippen molar-refractivity contribution < 1.29 is 18.3 Å². The highest BCUT2D eigenvalue weighted by molar-refractivity contribution is 9.11. The zero-order chi connectivity index (χ0) is 12.2. The quantitative estimate of drug-likeness (QED) is 0.793. The van der Waals surface area contributed by atoms with Gasteiger partial charge >= 0.3 is 6.18 Å². The van der Waals surface area contributed by atoms with E-state index in [1.807, 2.05) is 0 Å². The monoisotopic (exact) mass is 287 g/mol. The Morgan fingerprint density at radius 3 is 2.33 bits per heavy atom. The van der Waals surface area contributed by atoms with Crippen molar-refractivity contribution in [2.24, 2.45) is 10.9 Å². The number of hydrogen-bond acceptors (Lipinski definition) is 2. The summed E-state index contributed by atoms with van der Waals surface area (Å²) in [6, 6.07) is 0. The van der Waals surface area contributed by atoms with Gasteiger partial charge in [0.05, 0.1) is 0 Å². The summed E-state index contributed by atoms with van der Waals surface area (Å²) in [6.45, 7) is 6.69. The van der Waals surface area contributed by atoms with Crippen LogP contribution in [-0.4, -0.2) is 29.6 Å². The molecule has 0 fully saturated rings. The molecule has 0 radical (unpaired) electrons. The van der Waals surface area contributed by atoms with E-state index in [-0.39, 0.29) is 18.2 Å². The average molecular weight is 288 g/mol. The molecule has 88 valence electrons. The molecule has 6 heteroatoms. The summed E-state index contributed by atoms with van der Waals surface area (Å²) >= 11 is 3.12. The number of aliphatic hydroxyl groups is 1. The van der Waals surface area contributed by atoms with Crippen molar-refractivity contribution in [3.63, 3.8) is 0 Å². The van der Waals surface area contributed by atoms with Crippen LogP contribution < -0.4 is 0 Å². The fraction of sp³-hybridized carbons (Fsp3) is 0.667. The molecule has 0 aromatic rings. The summed E-state index contributed by atoms with van der Waals surface area (Å²) in [5, 5.41) is 8.82. The lowest BCUT2D eigenvalue weighted by molar-refractivity contribution is -0.181. The fourth-order valence-electron chi connectivity index (χ4n) is 0.703. The van der Waals surface area contributed by atoms with Crippen LogP contribution in [0.5, 0.6) is 0 Å². The van der Waals surface area contributed by atoms with Crippen LogP contribution in [0.4, 0.5) is 13.2 Å². The van der Waals surface area contributed by atoms with Gasteiger partial charge in [-0.15, -0.1) is 0 Å². The molecule has 2 nitrogen and oxygen atoms in total. The second-order valence-electron chi connectivity index (χ2n) is 3.27. The number of halogens is 4. The molecule has 0 aliphatic heterocycles.